The lowest BCUT2D eigenvalue weighted by Gasteiger charge is -2.47. The van der Waals surface area contributed by atoms with Crippen molar-refractivity contribution < 1.29 is 29.2 Å². The predicted molar refractivity (Wildman–Crippen MR) is 92.0 cm³/mol. The Morgan fingerprint density at radius 1 is 0.846 bits per heavy atom. The third-order valence-corrected chi connectivity index (χ3v) is 4.67. The van der Waals surface area contributed by atoms with Crippen LogP contribution in [0, 0.1) is 0 Å². The first kappa shape index (κ1) is 17.6. The highest BCUT2D eigenvalue weighted by Crippen LogP contribution is 2.38. The van der Waals surface area contributed by atoms with Gasteiger partial charge in [-0.2, -0.15) is 0 Å². The largest absolute Gasteiger partial charge is 0.394 e. The topological polar surface area (TPSA) is 77.4 Å². The van der Waals surface area contributed by atoms with Gasteiger partial charge in [0, 0.05) is 11.1 Å². The van der Waals surface area contributed by atoms with E-state index in [1.807, 2.05) is 60.7 Å². The fraction of sp³-hybridized carbons (Fsp3) is 0.400. The fourth-order valence-corrected chi connectivity index (χ4v) is 3.33. The average Bonchev–Trinajstić information content (AvgIpc) is 2.73. The van der Waals surface area contributed by atoms with E-state index in [4.69, 9.17) is 18.9 Å². The third kappa shape index (κ3) is 3.53. The van der Waals surface area contributed by atoms with E-state index in [1.54, 1.807) is 0 Å². The molecule has 0 saturated carbocycles. The van der Waals surface area contributed by atoms with Gasteiger partial charge in [-0.1, -0.05) is 60.7 Å². The Labute approximate surface area is 151 Å². The summed E-state index contributed by atoms with van der Waals surface area (Å²) in [6.07, 6.45) is -3.96. The van der Waals surface area contributed by atoms with Gasteiger partial charge in [0.15, 0.2) is 12.6 Å². The molecule has 6 atom stereocenters. The van der Waals surface area contributed by atoms with Crippen LogP contribution in [0.5, 0.6) is 0 Å². The first-order valence-corrected chi connectivity index (χ1v) is 8.73. The molecule has 2 aliphatic rings. The third-order valence-electron chi connectivity index (χ3n) is 4.67. The Kier molecular flexibility index (Phi) is 5.31. The highest BCUT2D eigenvalue weighted by atomic mass is 16.8. The molecule has 2 aromatic carbocycles. The van der Waals surface area contributed by atoms with Crippen LogP contribution in [0.2, 0.25) is 0 Å². The van der Waals surface area contributed by atoms with Crippen molar-refractivity contribution in [1.82, 2.24) is 0 Å². The number of aliphatic hydroxyl groups excluding tert-OH is 2. The Bertz CT molecular complexity index is 692. The summed E-state index contributed by atoms with van der Waals surface area (Å²) in [4.78, 5) is 0. The predicted octanol–water partition coefficient (Wildman–Crippen LogP) is 1.94. The monoisotopic (exact) mass is 358 g/mol. The van der Waals surface area contributed by atoms with Gasteiger partial charge in [0.2, 0.25) is 0 Å². The summed E-state index contributed by atoms with van der Waals surface area (Å²) in [5.74, 6) is 0. The number of ether oxygens (including phenoxy) is 4. The van der Waals surface area contributed by atoms with Crippen LogP contribution in [0.3, 0.4) is 0 Å². The molecule has 2 N–H and O–H groups in total. The normalized spacial score (nSPS) is 32.6. The summed E-state index contributed by atoms with van der Waals surface area (Å²) in [6.45, 7) is -0.110. The number of hydrogen-bond acceptors (Lipinski definition) is 6. The molecule has 0 amide bonds. The Balaban J connectivity index is 1.56. The van der Waals surface area contributed by atoms with Crippen LogP contribution >= 0.6 is 0 Å². The molecule has 2 aliphatic heterocycles. The smallest absolute Gasteiger partial charge is 0.184 e. The van der Waals surface area contributed by atoms with Crippen LogP contribution in [0.1, 0.15) is 23.7 Å². The highest BCUT2D eigenvalue weighted by molar-refractivity contribution is 5.18. The molecule has 2 aromatic rings. The molecule has 6 nitrogen and oxygen atoms in total. The number of benzene rings is 2. The Morgan fingerprint density at radius 2 is 1.46 bits per heavy atom. The van der Waals surface area contributed by atoms with E-state index >= 15 is 0 Å². The summed E-state index contributed by atoms with van der Waals surface area (Å²) >= 11 is 0. The van der Waals surface area contributed by atoms with Crippen LogP contribution in [0.25, 0.3) is 0 Å². The number of aliphatic hydroxyl groups is 2. The lowest BCUT2D eigenvalue weighted by molar-refractivity contribution is -0.373. The van der Waals surface area contributed by atoms with Gasteiger partial charge in [0.25, 0.3) is 0 Å². The van der Waals surface area contributed by atoms with Crippen LogP contribution in [-0.4, -0.2) is 47.8 Å². The lowest BCUT2D eigenvalue weighted by Crippen LogP contribution is -2.58. The van der Waals surface area contributed by atoms with Gasteiger partial charge in [-0.3, -0.25) is 0 Å². The molecule has 3 unspecified atom stereocenters. The van der Waals surface area contributed by atoms with E-state index in [2.05, 4.69) is 0 Å². The molecule has 2 fully saturated rings. The van der Waals surface area contributed by atoms with Crippen molar-refractivity contribution in [3.63, 3.8) is 0 Å². The number of fused-ring (bicyclic) bond motifs is 1. The van der Waals surface area contributed by atoms with Crippen molar-refractivity contribution in [2.45, 2.75) is 37.0 Å². The molecule has 4 rings (SSSR count). The molecule has 0 spiro atoms. The van der Waals surface area contributed by atoms with Gasteiger partial charge >= 0.3 is 0 Å². The highest BCUT2D eigenvalue weighted by Gasteiger charge is 2.48. The second kappa shape index (κ2) is 7.84. The minimum absolute atomic E-state index is 0.311. The van der Waals surface area contributed by atoms with Gasteiger partial charge in [-0.15, -0.1) is 0 Å². The maximum Gasteiger partial charge on any atom is 0.184 e. The van der Waals surface area contributed by atoms with E-state index in [0.717, 1.165) is 11.1 Å². The molecule has 138 valence electrons. The molecule has 0 aromatic heterocycles. The molecule has 0 aliphatic carbocycles. The van der Waals surface area contributed by atoms with Crippen LogP contribution in [0.15, 0.2) is 60.7 Å². The van der Waals surface area contributed by atoms with Gasteiger partial charge in [-0.05, 0) is 0 Å². The molecule has 6 heteroatoms. The van der Waals surface area contributed by atoms with Crippen molar-refractivity contribution in [3.05, 3.63) is 71.8 Å². The summed E-state index contributed by atoms with van der Waals surface area (Å²) in [6, 6.07) is 19.1. The van der Waals surface area contributed by atoms with Gasteiger partial charge < -0.3 is 29.2 Å². The summed E-state index contributed by atoms with van der Waals surface area (Å²) in [7, 11) is 0. The Morgan fingerprint density at radius 3 is 2.08 bits per heavy atom. The summed E-state index contributed by atoms with van der Waals surface area (Å²) in [5.41, 5.74) is 1.72. The molecule has 2 heterocycles. The van der Waals surface area contributed by atoms with Gasteiger partial charge in [0.05, 0.1) is 13.2 Å². The Hall–Kier alpha value is -1.80. The van der Waals surface area contributed by atoms with Crippen molar-refractivity contribution in [1.29, 1.82) is 0 Å². The van der Waals surface area contributed by atoms with Crippen LogP contribution in [-0.2, 0) is 18.9 Å². The minimum Gasteiger partial charge on any atom is -0.394 e. The van der Waals surface area contributed by atoms with Crippen molar-refractivity contribution in [2.75, 3.05) is 13.2 Å². The van der Waals surface area contributed by atoms with Gasteiger partial charge in [-0.25, -0.2) is 0 Å². The van der Waals surface area contributed by atoms with E-state index in [-0.39, 0.29) is 0 Å². The maximum atomic E-state index is 10.3. The lowest BCUT2D eigenvalue weighted by atomic mass is 9.99. The summed E-state index contributed by atoms with van der Waals surface area (Å²) < 4.78 is 23.9. The fourth-order valence-electron chi connectivity index (χ4n) is 3.33. The molecule has 26 heavy (non-hydrogen) atoms. The standard InChI is InChI=1S/C20H22O6/c21-11-15(22)17-18-16(24-20(25-17)14-9-5-2-6-10-14)12-23-19(26-18)13-7-3-1-4-8-13/h1-10,15-22H,11-12H2/t15?,16-,17+,18+,19?,20?/m0/s1. The van der Waals surface area contributed by atoms with Crippen molar-refractivity contribution in [2.24, 2.45) is 0 Å². The zero-order valence-corrected chi connectivity index (χ0v) is 14.2. The summed E-state index contributed by atoms with van der Waals surface area (Å²) in [5, 5.41) is 19.8. The molecule has 0 radical (unpaired) electrons. The van der Waals surface area contributed by atoms with E-state index in [0.29, 0.717) is 6.61 Å². The average molecular weight is 358 g/mol. The maximum absolute atomic E-state index is 10.3. The number of rotatable bonds is 4. The van der Waals surface area contributed by atoms with E-state index < -0.39 is 43.6 Å². The first-order valence-electron chi connectivity index (χ1n) is 8.73. The molecule has 2 saturated heterocycles. The zero-order chi connectivity index (χ0) is 17.9. The molecular formula is C20H22O6. The zero-order valence-electron chi connectivity index (χ0n) is 14.2. The van der Waals surface area contributed by atoms with Gasteiger partial charge in [0.1, 0.15) is 24.4 Å². The van der Waals surface area contributed by atoms with Crippen molar-refractivity contribution in [3.8, 4) is 0 Å². The molecular weight excluding hydrogens is 336 g/mol. The van der Waals surface area contributed by atoms with Crippen LogP contribution < -0.4 is 0 Å². The SMILES string of the molecule is OCC(O)[C@H]1OC(c2ccccc2)O[C@H]2COC(c3ccccc3)O[C@H]21. The quantitative estimate of drug-likeness (QED) is 0.870. The minimum atomic E-state index is -1.08. The number of hydrogen-bond donors (Lipinski definition) is 2. The second-order valence-corrected chi connectivity index (χ2v) is 6.44. The van der Waals surface area contributed by atoms with E-state index in [9.17, 15) is 10.2 Å². The molecule has 0 bridgehead atoms. The van der Waals surface area contributed by atoms with E-state index in [1.165, 1.54) is 0 Å². The second-order valence-electron chi connectivity index (χ2n) is 6.44. The van der Waals surface area contributed by atoms with Crippen LogP contribution in [0.4, 0.5) is 0 Å². The van der Waals surface area contributed by atoms with Crippen molar-refractivity contribution >= 4 is 0 Å². The first-order chi connectivity index (χ1) is 12.8.